The summed E-state index contributed by atoms with van der Waals surface area (Å²) in [6, 6.07) is 0. The molecule has 2 aromatic rings. The van der Waals surface area contributed by atoms with E-state index in [4.69, 9.17) is 14.3 Å². The lowest BCUT2D eigenvalue weighted by atomic mass is 10.0. The van der Waals surface area contributed by atoms with Gasteiger partial charge in [-0.2, -0.15) is 0 Å². The highest BCUT2D eigenvalue weighted by molar-refractivity contribution is 7.98. The van der Waals surface area contributed by atoms with Gasteiger partial charge in [-0.25, -0.2) is 9.97 Å². The van der Waals surface area contributed by atoms with Crippen molar-refractivity contribution in [2.24, 2.45) is 0 Å². The number of aliphatic hydroxyl groups is 3. The molecule has 0 radical (unpaired) electrons. The maximum Gasteiger partial charge on any atom is 0.184 e. The van der Waals surface area contributed by atoms with E-state index in [1.807, 2.05) is 6.26 Å². The van der Waals surface area contributed by atoms with Crippen LogP contribution in [0.15, 0.2) is 22.0 Å². The Morgan fingerprint density at radius 1 is 1.30 bits per heavy atom. The Balaban J connectivity index is 2.03. The number of nitrogens with zero attached hydrogens (tertiary/aromatic N) is 2. The van der Waals surface area contributed by atoms with Crippen LogP contribution in [0.2, 0.25) is 0 Å². The molecule has 2 aromatic heterocycles. The zero-order valence-corrected chi connectivity index (χ0v) is 11.4. The lowest BCUT2D eigenvalue weighted by Crippen LogP contribution is -2.32. The fourth-order valence-electron chi connectivity index (χ4n) is 2.35. The van der Waals surface area contributed by atoms with E-state index in [1.54, 1.807) is 0 Å². The van der Waals surface area contributed by atoms with Gasteiger partial charge in [0.25, 0.3) is 0 Å². The lowest BCUT2D eigenvalue weighted by molar-refractivity contribution is -0.0226. The van der Waals surface area contributed by atoms with Crippen LogP contribution in [0.3, 0.4) is 0 Å². The Bertz CT molecular complexity index is 619. The second-order valence-electron chi connectivity index (χ2n) is 4.51. The third kappa shape index (κ3) is 2.00. The molecule has 7 nitrogen and oxygen atoms in total. The predicted octanol–water partition coefficient (Wildman–Crippen LogP) is 0.0987. The molecule has 0 bridgehead atoms. The van der Waals surface area contributed by atoms with Crippen LogP contribution in [-0.2, 0) is 4.74 Å². The third-order valence-corrected chi connectivity index (χ3v) is 4.07. The van der Waals surface area contributed by atoms with Crippen molar-refractivity contribution in [1.29, 1.82) is 0 Å². The van der Waals surface area contributed by atoms with Crippen molar-refractivity contribution in [3.63, 3.8) is 0 Å². The Morgan fingerprint density at radius 3 is 2.75 bits per heavy atom. The van der Waals surface area contributed by atoms with E-state index >= 15 is 0 Å². The van der Waals surface area contributed by atoms with Gasteiger partial charge < -0.3 is 24.5 Å². The van der Waals surface area contributed by atoms with Crippen molar-refractivity contribution >= 4 is 22.9 Å². The van der Waals surface area contributed by atoms with E-state index in [-0.39, 0.29) is 6.61 Å². The summed E-state index contributed by atoms with van der Waals surface area (Å²) in [7, 11) is 0. The number of ether oxygens (including phenoxy) is 1. The number of aliphatic hydroxyl groups excluding tert-OH is 3. The van der Waals surface area contributed by atoms with Gasteiger partial charge in [0, 0.05) is 5.56 Å². The van der Waals surface area contributed by atoms with Gasteiger partial charge >= 0.3 is 0 Å². The molecule has 1 saturated heterocycles. The van der Waals surface area contributed by atoms with Crippen LogP contribution in [0.5, 0.6) is 0 Å². The zero-order valence-electron chi connectivity index (χ0n) is 10.6. The molecule has 108 valence electrons. The molecule has 0 saturated carbocycles. The minimum absolute atomic E-state index is 0.366. The highest BCUT2D eigenvalue weighted by atomic mass is 32.2. The highest BCUT2D eigenvalue weighted by Gasteiger charge is 2.44. The standard InChI is InChI=1S/C12H14N2O5S/c1-20-12-11-7(13-4-14-12)5(3-18-11)10-9(17)8(16)6(2-15)19-10/h3-4,6,8-10,15-17H,2H2,1H3/t6-,8-,9-,10?/m1/s1. The molecule has 1 fully saturated rings. The summed E-state index contributed by atoms with van der Waals surface area (Å²) in [5.74, 6) is 0. The maximum absolute atomic E-state index is 10.0. The van der Waals surface area contributed by atoms with Gasteiger partial charge in [0.05, 0.1) is 12.9 Å². The molecule has 1 aliphatic heterocycles. The van der Waals surface area contributed by atoms with E-state index in [0.717, 1.165) is 0 Å². The van der Waals surface area contributed by atoms with Crippen LogP contribution in [0, 0.1) is 0 Å². The van der Waals surface area contributed by atoms with Crippen LogP contribution < -0.4 is 0 Å². The average Bonchev–Trinajstić information content (AvgIpc) is 3.01. The second-order valence-corrected chi connectivity index (χ2v) is 5.31. The number of rotatable bonds is 3. The van der Waals surface area contributed by atoms with Gasteiger partial charge in [-0.05, 0) is 6.26 Å². The Labute approximate surface area is 118 Å². The summed E-state index contributed by atoms with van der Waals surface area (Å²) in [6.07, 6.45) is 0.844. The normalized spacial score (nSPS) is 30.2. The van der Waals surface area contributed by atoms with E-state index in [9.17, 15) is 10.2 Å². The van der Waals surface area contributed by atoms with Crippen LogP contribution in [0.4, 0.5) is 0 Å². The molecule has 3 N–H and O–H groups in total. The third-order valence-electron chi connectivity index (χ3n) is 3.39. The topological polar surface area (TPSA) is 109 Å². The Hall–Kier alpha value is -1.19. The fraction of sp³-hybridized carbons (Fsp3) is 0.500. The second kappa shape index (κ2) is 5.30. The quantitative estimate of drug-likeness (QED) is 0.541. The summed E-state index contributed by atoms with van der Waals surface area (Å²) in [5, 5.41) is 29.6. The minimum Gasteiger partial charge on any atom is -0.459 e. The van der Waals surface area contributed by atoms with Gasteiger partial charge in [-0.1, -0.05) is 0 Å². The number of furan rings is 1. The molecular weight excluding hydrogens is 284 g/mol. The number of hydrogen-bond donors (Lipinski definition) is 3. The van der Waals surface area contributed by atoms with E-state index in [1.165, 1.54) is 24.4 Å². The van der Waals surface area contributed by atoms with Gasteiger partial charge in [0.15, 0.2) is 5.58 Å². The summed E-state index contributed by atoms with van der Waals surface area (Å²) in [5.41, 5.74) is 1.60. The van der Waals surface area contributed by atoms with Crippen molar-refractivity contribution in [3.05, 3.63) is 18.2 Å². The number of fused-ring (bicyclic) bond motifs is 1. The molecule has 20 heavy (non-hydrogen) atoms. The van der Waals surface area contributed by atoms with Crippen LogP contribution in [0.25, 0.3) is 11.1 Å². The van der Waals surface area contributed by atoms with Gasteiger partial charge in [-0.15, -0.1) is 11.8 Å². The molecule has 4 atom stereocenters. The maximum atomic E-state index is 10.0. The number of aromatic nitrogens is 2. The molecule has 0 aromatic carbocycles. The number of thioether (sulfide) groups is 1. The van der Waals surface area contributed by atoms with Gasteiger partial charge in [0.2, 0.25) is 0 Å². The molecule has 8 heteroatoms. The van der Waals surface area contributed by atoms with Gasteiger partial charge in [-0.3, -0.25) is 0 Å². The van der Waals surface area contributed by atoms with Crippen LogP contribution in [0.1, 0.15) is 11.7 Å². The highest BCUT2D eigenvalue weighted by Crippen LogP contribution is 2.38. The average molecular weight is 298 g/mol. The molecule has 0 amide bonds. The van der Waals surface area contributed by atoms with E-state index in [0.29, 0.717) is 21.7 Å². The summed E-state index contributed by atoms with van der Waals surface area (Å²) >= 11 is 1.42. The van der Waals surface area contributed by atoms with E-state index in [2.05, 4.69) is 9.97 Å². The van der Waals surface area contributed by atoms with Crippen molar-refractivity contribution in [2.45, 2.75) is 29.4 Å². The monoisotopic (exact) mass is 298 g/mol. The first kappa shape index (κ1) is 13.8. The smallest absolute Gasteiger partial charge is 0.184 e. The first-order valence-electron chi connectivity index (χ1n) is 6.06. The van der Waals surface area contributed by atoms with E-state index < -0.39 is 24.4 Å². The molecule has 1 aliphatic rings. The van der Waals surface area contributed by atoms with Crippen molar-refractivity contribution < 1.29 is 24.5 Å². The van der Waals surface area contributed by atoms with Crippen molar-refractivity contribution in [1.82, 2.24) is 9.97 Å². The molecule has 0 spiro atoms. The van der Waals surface area contributed by atoms with Crippen LogP contribution >= 0.6 is 11.8 Å². The molecular formula is C12H14N2O5S. The van der Waals surface area contributed by atoms with Crippen LogP contribution in [-0.4, -0.2) is 56.5 Å². The zero-order chi connectivity index (χ0) is 14.3. The van der Waals surface area contributed by atoms with Crippen molar-refractivity contribution in [2.75, 3.05) is 12.9 Å². The summed E-state index contributed by atoms with van der Waals surface area (Å²) in [4.78, 5) is 8.25. The lowest BCUT2D eigenvalue weighted by Gasteiger charge is -2.12. The summed E-state index contributed by atoms with van der Waals surface area (Å²) in [6.45, 7) is -0.366. The molecule has 0 aliphatic carbocycles. The minimum atomic E-state index is -1.14. The largest absolute Gasteiger partial charge is 0.459 e. The Morgan fingerprint density at radius 2 is 2.10 bits per heavy atom. The molecule has 3 rings (SSSR count). The fourth-order valence-corrected chi connectivity index (χ4v) is 2.83. The molecule has 1 unspecified atom stereocenters. The van der Waals surface area contributed by atoms with Crippen molar-refractivity contribution in [3.8, 4) is 0 Å². The number of hydrogen-bond acceptors (Lipinski definition) is 8. The first-order chi connectivity index (χ1) is 9.67. The predicted molar refractivity (Wildman–Crippen MR) is 70.3 cm³/mol. The SMILES string of the molecule is CSc1ncnc2c(C3O[C@H](CO)[C@@H](O)[C@H]3O)coc12. The molecule has 3 heterocycles. The first-order valence-corrected chi connectivity index (χ1v) is 7.28. The van der Waals surface area contributed by atoms with Gasteiger partial charge in [0.1, 0.15) is 41.3 Å². The Kier molecular flexibility index (Phi) is 3.65. The summed E-state index contributed by atoms with van der Waals surface area (Å²) < 4.78 is 10.9.